The van der Waals surface area contributed by atoms with Gasteiger partial charge in [0.1, 0.15) is 0 Å². The van der Waals surface area contributed by atoms with E-state index in [1.807, 2.05) is 34.0 Å². The number of hydrogen-bond acceptors (Lipinski definition) is 3. The lowest BCUT2D eigenvalue weighted by molar-refractivity contribution is 0.00981. The zero-order valence-corrected chi connectivity index (χ0v) is 14.2. The Morgan fingerprint density at radius 1 is 1.35 bits per heavy atom. The van der Waals surface area contributed by atoms with E-state index in [-0.39, 0.29) is 12.0 Å². The van der Waals surface area contributed by atoms with Gasteiger partial charge in [0, 0.05) is 32.8 Å². The van der Waals surface area contributed by atoms with E-state index in [4.69, 9.17) is 4.74 Å². The third-order valence-corrected chi connectivity index (χ3v) is 4.59. The summed E-state index contributed by atoms with van der Waals surface area (Å²) >= 11 is 0. The van der Waals surface area contributed by atoms with E-state index in [1.54, 1.807) is 9.58 Å². The molecule has 122 valence electrons. The standard InChI is InChI=1S/C18H23N3O2/c1-12-17(13(2)21(4)19-12)18(22)20(3)10-16-9-14-7-5-6-8-15(14)11-23-16/h5-8,16H,9-11H2,1-4H3/t16-/m0/s1. The monoisotopic (exact) mass is 313 g/mol. The average molecular weight is 313 g/mol. The number of fused-ring (bicyclic) bond motifs is 1. The quantitative estimate of drug-likeness (QED) is 0.873. The van der Waals surface area contributed by atoms with Crippen LogP contribution in [0.4, 0.5) is 0 Å². The minimum Gasteiger partial charge on any atom is -0.371 e. The highest BCUT2D eigenvalue weighted by molar-refractivity contribution is 5.96. The molecule has 0 bridgehead atoms. The van der Waals surface area contributed by atoms with Gasteiger partial charge in [0.15, 0.2) is 0 Å². The Morgan fingerprint density at radius 3 is 2.70 bits per heavy atom. The van der Waals surface area contributed by atoms with Gasteiger partial charge >= 0.3 is 0 Å². The predicted molar refractivity (Wildman–Crippen MR) is 88.4 cm³/mol. The Bertz CT molecular complexity index is 736. The van der Waals surface area contributed by atoms with Gasteiger partial charge in [0.2, 0.25) is 0 Å². The van der Waals surface area contributed by atoms with Gasteiger partial charge in [-0.3, -0.25) is 9.48 Å². The van der Waals surface area contributed by atoms with Crippen molar-refractivity contribution in [3.63, 3.8) is 0 Å². The van der Waals surface area contributed by atoms with Crippen LogP contribution in [0.25, 0.3) is 0 Å². The fourth-order valence-electron chi connectivity index (χ4n) is 3.19. The van der Waals surface area contributed by atoms with E-state index >= 15 is 0 Å². The second kappa shape index (κ2) is 6.16. The summed E-state index contributed by atoms with van der Waals surface area (Å²) in [7, 11) is 3.69. The molecule has 0 fully saturated rings. The molecule has 1 atom stereocenters. The highest BCUT2D eigenvalue weighted by atomic mass is 16.5. The first-order chi connectivity index (χ1) is 11.0. The van der Waals surface area contributed by atoms with Gasteiger partial charge in [-0.05, 0) is 25.0 Å². The first-order valence-electron chi connectivity index (χ1n) is 7.91. The minimum atomic E-state index is 0.00978. The van der Waals surface area contributed by atoms with E-state index in [9.17, 15) is 4.79 Å². The zero-order valence-electron chi connectivity index (χ0n) is 14.2. The maximum atomic E-state index is 12.7. The lowest BCUT2D eigenvalue weighted by Gasteiger charge is -2.29. The number of rotatable bonds is 3. The topological polar surface area (TPSA) is 47.4 Å². The number of aromatic nitrogens is 2. The maximum absolute atomic E-state index is 12.7. The number of aryl methyl sites for hydroxylation is 2. The van der Waals surface area contributed by atoms with E-state index < -0.39 is 0 Å². The van der Waals surface area contributed by atoms with Crippen LogP contribution in [0.5, 0.6) is 0 Å². The van der Waals surface area contributed by atoms with Crippen molar-refractivity contribution in [2.45, 2.75) is 33.0 Å². The molecule has 0 unspecified atom stereocenters. The molecule has 0 radical (unpaired) electrons. The summed E-state index contributed by atoms with van der Waals surface area (Å²) in [5.41, 5.74) is 4.94. The van der Waals surface area contributed by atoms with Crippen LogP contribution >= 0.6 is 0 Å². The van der Waals surface area contributed by atoms with Crippen LogP contribution in [-0.2, 0) is 24.8 Å². The molecule has 2 aromatic rings. The zero-order chi connectivity index (χ0) is 16.6. The molecule has 0 spiro atoms. The second-order valence-corrected chi connectivity index (χ2v) is 6.26. The number of ether oxygens (including phenoxy) is 1. The highest BCUT2D eigenvalue weighted by Crippen LogP contribution is 2.21. The first-order valence-corrected chi connectivity index (χ1v) is 7.91. The number of nitrogens with zero attached hydrogens (tertiary/aromatic N) is 3. The van der Waals surface area contributed by atoms with Crippen molar-refractivity contribution in [3.05, 3.63) is 52.3 Å². The van der Waals surface area contributed by atoms with Crippen molar-refractivity contribution >= 4 is 5.91 Å². The number of hydrogen-bond donors (Lipinski definition) is 0. The Balaban J connectivity index is 1.70. The molecule has 5 heteroatoms. The van der Waals surface area contributed by atoms with Crippen LogP contribution in [0.2, 0.25) is 0 Å². The Kier molecular flexibility index (Phi) is 4.22. The van der Waals surface area contributed by atoms with Crippen molar-refractivity contribution in [3.8, 4) is 0 Å². The molecule has 0 saturated carbocycles. The highest BCUT2D eigenvalue weighted by Gasteiger charge is 2.25. The Morgan fingerprint density at radius 2 is 2.04 bits per heavy atom. The SMILES string of the molecule is Cc1nn(C)c(C)c1C(=O)N(C)C[C@@H]1Cc2ccccc2CO1. The molecular formula is C18H23N3O2. The molecule has 23 heavy (non-hydrogen) atoms. The van der Waals surface area contributed by atoms with Crippen LogP contribution in [0.1, 0.15) is 32.9 Å². The van der Waals surface area contributed by atoms with Gasteiger partial charge in [-0.25, -0.2) is 0 Å². The summed E-state index contributed by atoms with van der Waals surface area (Å²) in [4.78, 5) is 14.5. The molecule has 5 nitrogen and oxygen atoms in total. The van der Waals surface area contributed by atoms with Crippen molar-refractivity contribution in [1.29, 1.82) is 0 Å². The van der Waals surface area contributed by atoms with Gasteiger partial charge in [-0.2, -0.15) is 5.10 Å². The van der Waals surface area contributed by atoms with E-state index in [0.717, 1.165) is 17.8 Å². The van der Waals surface area contributed by atoms with Gasteiger partial charge in [-0.1, -0.05) is 24.3 Å². The largest absolute Gasteiger partial charge is 0.371 e. The second-order valence-electron chi connectivity index (χ2n) is 6.26. The number of benzene rings is 1. The van der Waals surface area contributed by atoms with Crippen LogP contribution < -0.4 is 0 Å². The third-order valence-electron chi connectivity index (χ3n) is 4.59. The van der Waals surface area contributed by atoms with Gasteiger partial charge in [-0.15, -0.1) is 0 Å². The number of amides is 1. The summed E-state index contributed by atoms with van der Waals surface area (Å²) in [5.74, 6) is 0.00978. The van der Waals surface area contributed by atoms with Crippen LogP contribution in [0.15, 0.2) is 24.3 Å². The van der Waals surface area contributed by atoms with Crippen LogP contribution in [0, 0.1) is 13.8 Å². The predicted octanol–water partition coefficient (Wildman–Crippen LogP) is 2.25. The molecule has 0 aliphatic carbocycles. The molecule has 1 aliphatic rings. The van der Waals surface area contributed by atoms with E-state index in [1.165, 1.54) is 11.1 Å². The fourth-order valence-corrected chi connectivity index (χ4v) is 3.19. The van der Waals surface area contributed by atoms with Gasteiger partial charge in [0.05, 0.1) is 24.0 Å². The molecule has 1 aromatic heterocycles. The molecule has 1 aromatic carbocycles. The van der Waals surface area contributed by atoms with E-state index in [0.29, 0.717) is 18.7 Å². The first kappa shape index (κ1) is 15.7. The average Bonchev–Trinajstić information content (AvgIpc) is 2.79. The Labute approximate surface area is 136 Å². The lowest BCUT2D eigenvalue weighted by atomic mass is 9.99. The number of carbonyl (C=O) groups is 1. The van der Waals surface area contributed by atoms with Gasteiger partial charge < -0.3 is 9.64 Å². The molecule has 1 aliphatic heterocycles. The third kappa shape index (κ3) is 3.01. The molecule has 1 amide bonds. The molecule has 2 heterocycles. The fraction of sp³-hybridized carbons (Fsp3) is 0.444. The summed E-state index contributed by atoms with van der Waals surface area (Å²) in [6.07, 6.45) is 0.884. The molecular weight excluding hydrogens is 290 g/mol. The normalized spacial score (nSPS) is 17.0. The van der Waals surface area contributed by atoms with Crippen LogP contribution in [0.3, 0.4) is 0 Å². The van der Waals surface area contributed by atoms with Crippen molar-refractivity contribution < 1.29 is 9.53 Å². The maximum Gasteiger partial charge on any atom is 0.257 e. The minimum absolute atomic E-state index is 0.00978. The lowest BCUT2D eigenvalue weighted by Crippen LogP contribution is -2.38. The Hall–Kier alpha value is -2.14. The van der Waals surface area contributed by atoms with Crippen molar-refractivity contribution in [2.75, 3.05) is 13.6 Å². The summed E-state index contributed by atoms with van der Waals surface area (Å²) < 4.78 is 7.67. The molecule has 0 N–H and O–H groups in total. The van der Waals surface area contributed by atoms with Crippen molar-refractivity contribution in [1.82, 2.24) is 14.7 Å². The number of likely N-dealkylation sites (N-methyl/N-ethyl adjacent to an activating group) is 1. The van der Waals surface area contributed by atoms with Crippen LogP contribution in [-0.4, -0.2) is 40.3 Å². The number of carbonyl (C=O) groups excluding carboxylic acids is 1. The van der Waals surface area contributed by atoms with Gasteiger partial charge in [0.25, 0.3) is 5.91 Å². The molecule has 0 saturated heterocycles. The van der Waals surface area contributed by atoms with E-state index in [2.05, 4.69) is 23.3 Å². The summed E-state index contributed by atoms with van der Waals surface area (Å²) in [5, 5.41) is 4.33. The molecule has 3 rings (SSSR count). The summed E-state index contributed by atoms with van der Waals surface area (Å²) in [6, 6.07) is 8.33. The smallest absolute Gasteiger partial charge is 0.257 e. The summed E-state index contributed by atoms with van der Waals surface area (Å²) in [6.45, 7) is 5.00. The van der Waals surface area contributed by atoms with Crippen molar-refractivity contribution in [2.24, 2.45) is 7.05 Å².